The molecule has 1 aliphatic carbocycles. The Balaban J connectivity index is 1.29. The van der Waals surface area contributed by atoms with E-state index in [1.807, 2.05) is 0 Å². The fourth-order valence-corrected chi connectivity index (χ4v) is 5.69. The second-order valence-electron chi connectivity index (χ2n) is 9.22. The minimum Gasteiger partial charge on any atom is -0.481 e. The molecule has 3 aliphatic rings. The van der Waals surface area contributed by atoms with Crippen LogP contribution < -0.4 is 5.32 Å². The standard InChI is InChI=1S/C24H39NO4S/c26-23(27)14-7-2-1-6-12-19-20(22-16-15-21(19)29-22)13-8-9-17-28-24(30)25-18-10-4-3-5-11-18/h1,6,18-22H,2-5,7-17H2,(H,25,30)(H,26,27)/b6-1-/t19-,20+,21-,22+/m1/s1. The van der Waals surface area contributed by atoms with Crippen LogP contribution in [0, 0.1) is 11.8 Å². The summed E-state index contributed by atoms with van der Waals surface area (Å²) in [5.41, 5.74) is 0. The van der Waals surface area contributed by atoms with Gasteiger partial charge < -0.3 is 19.9 Å². The van der Waals surface area contributed by atoms with E-state index >= 15 is 0 Å². The molecule has 2 saturated heterocycles. The molecule has 2 N–H and O–H groups in total. The number of carbonyl (C=O) groups is 1. The number of unbranched alkanes of at least 4 members (excludes halogenated alkanes) is 2. The first-order valence-electron chi connectivity index (χ1n) is 12.1. The lowest BCUT2D eigenvalue weighted by Crippen LogP contribution is -2.36. The average molecular weight is 438 g/mol. The summed E-state index contributed by atoms with van der Waals surface area (Å²) in [5.74, 6) is 0.564. The first-order valence-corrected chi connectivity index (χ1v) is 12.5. The zero-order chi connectivity index (χ0) is 21.2. The normalized spacial score (nSPS) is 28.8. The third-order valence-corrected chi connectivity index (χ3v) is 7.25. The molecule has 3 fully saturated rings. The quantitative estimate of drug-likeness (QED) is 0.243. The number of nitrogens with one attached hydrogen (secondary N) is 1. The number of hydrogen-bond acceptors (Lipinski definition) is 4. The smallest absolute Gasteiger partial charge is 0.303 e. The Bertz CT molecular complexity index is 576. The van der Waals surface area contributed by atoms with E-state index in [1.54, 1.807) is 0 Å². The van der Waals surface area contributed by atoms with E-state index in [0.29, 0.717) is 41.9 Å². The number of aliphatic carboxylic acids is 1. The third-order valence-electron chi connectivity index (χ3n) is 7.02. The van der Waals surface area contributed by atoms with Gasteiger partial charge in [0.2, 0.25) is 0 Å². The van der Waals surface area contributed by atoms with Gasteiger partial charge in [-0.05, 0) is 88.3 Å². The van der Waals surface area contributed by atoms with Crippen LogP contribution in [-0.2, 0) is 14.3 Å². The Morgan fingerprint density at radius 2 is 1.80 bits per heavy atom. The monoisotopic (exact) mass is 437 g/mol. The van der Waals surface area contributed by atoms with Crippen molar-refractivity contribution in [2.45, 2.75) is 108 Å². The Morgan fingerprint density at radius 1 is 1.03 bits per heavy atom. The number of allylic oxidation sites excluding steroid dienone is 2. The summed E-state index contributed by atoms with van der Waals surface area (Å²) in [6, 6.07) is 0.510. The first-order chi connectivity index (χ1) is 14.6. The van der Waals surface area contributed by atoms with Crippen molar-refractivity contribution < 1.29 is 19.4 Å². The lowest BCUT2D eigenvalue weighted by atomic mass is 9.75. The van der Waals surface area contributed by atoms with Crippen LogP contribution in [0.4, 0.5) is 0 Å². The molecule has 0 spiro atoms. The molecule has 170 valence electrons. The number of fused-ring (bicyclic) bond motifs is 2. The zero-order valence-corrected chi connectivity index (χ0v) is 19.0. The number of hydrogen-bond donors (Lipinski definition) is 2. The maximum absolute atomic E-state index is 10.6. The molecule has 5 nitrogen and oxygen atoms in total. The Morgan fingerprint density at radius 3 is 2.57 bits per heavy atom. The summed E-state index contributed by atoms with van der Waals surface area (Å²) in [7, 11) is 0. The van der Waals surface area contributed by atoms with Crippen LogP contribution in [0.1, 0.15) is 89.9 Å². The molecule has 2 heterocycles. The molecule has 0 aromatic heterocycles. The second-order valence-corrected chi connectivity index (χ2v) is 9.59. The highest BCUT2D eigenvalue weighted by Gasteiger charge is 2.47. The van der Waals surface area contributed by atoms with Gasteiger partial charge in [-0.25, -0.2) is 0 Å². The van der Waals surface area contributed by atoms with Gasteiger partial charge in [0.15, 0.2) is 0 Å². The van der Waals surface area contributed by atoms with Crippen LogP contribution in [0.15, 0.2) is 12.2 Å². The van der Waals surface area contributed by atoms with Crippen molar-refractivity contribution in [3.63, 3.8) is 0 Å². The molecular formula is C24H39NO4S. The average Bonchev–Trinajstić information content (AvgIpc) is 3.33. The van der Waals surface area contributed by atoms with Gasteiger partial charge in [-0.1, -0.05) is 31.4 Å². The zero-order valence-electron chi connectivity index (χ0n) is 18.2. The van der Waals surface area contributed by atoms with E-state index in [0.717, 1.165) is 32.1 Å². The van der Waals surface area contributed by atoms with Gasteiger partial charge in [-0.3, -0.25) is 4.79 Å². The molecule has 0 aromatic carbocycles. The summed E-state index contributed by atoms with van der Waals surface area (Å²) in [5, 5.41) is 12.7. The molecule has 2 aliphatic heterocycles. The van der Waals surface area contributed by atoms with Crippen molar-refractivity contribution in [3.05, 3.63) is 12.2 Å². The Labute approximate surface area is 187 Å². The fraction of sp³-hybridized carbons (Fsp3) is 0.833. The number of carboxylic acids is 1. The van der Waals surface area contributed by atoms with Gasteiger partial charge in [0.25, 0.3) is 5.17 Å². The molecule has 2 bridgehead atoms. The summed E-state index contributed by atoms with van der Waals surface area (Å²) < 4.78 is 12.0. The fourth-order valence-electron chi connectivity index (χ4n) is 5.44. The second kappa shape index (κ2) is 12.7. The molecule has 4 atom stereocenters. The van der Waals surface area contributed by atoms with Crippen molar-refractivity contribution in [2.24, 2.45) is 11.8 Å². The molecular weight excluding hydrogens is 398 g/mol. The van der Waals surface area contributed by atoms with Gasteiger partial charge in [0.05, 0.1) is 18.8 Å². The van der Waals surface area contributed by atoms with Gasteiger partial charge >= 0.3 is 5.97 Å². The van der Waals surface area contributed by atoms with Crippen LogP contribution >= 0.6 is 12.2 Å². The molecule has 0 aromatic rings. The Hall–Kier alpha value is -1.14. The molecule has 6 heteroatoms. The minimum atomic E-state index is -0.709. The highest BCUT2D eigenvalue weighted by atomic mass is 32.1. The number of carboxylic acid groups (broad SMARTS) is 1. The summed E-state index contributed by atoms with van der Waals surface area (Å²) >= 11 is 5.35. The van der Waals surface area contributed by atoms with Crippen LogP contribution in [0.3, 0.4) is 0 Å². The van der Waals surface area contributed by atoms with E-state index < -0.39 is 5.97 Å². The molecule has 3 rings (SSSR count). The highest BCUT2D eigenvalue weighted by Crippen LogP contribution is 2.47. The summed E-state index contributed by atoms with van der Waals surface area (Å²) in [4.78, 5) is 10.6. The van der Waals surface area contributed by atoms with E-state index in [-0.39, 0.29) is 6.42 Å². The SMILES string of the molecule is O=C(O)CCC/C=C\C[C@@H]1[C@H](CCCCOC(=S)NC2CCCCC2)[C@@H]2CC[C@H]1O2. The molecule has 30 heavy (non-hydrogen) atoms. The van der Waals surface area contributed by atoms with Crippen molar-refractivity contribution in [3.8, 4) is 0 Å². The summed E-state index contributed by atoms with van der Waals surface area (Å²) in [6.45, 7) is 0.703. The number of rotatable bonds is 12. The van der Waals surface area contributed by atoms with Crippen LogP contribution in [0.5, 0.6) is 0 Å². The minimum absolute atomic E-state index is 0.256. The Kier molecular flexibility index (Phi) is 9.92. The van der Waals surface area contributed by atoms with E-state index in [4.69, 9.17) is 26.8 Å². The lowest BCUT2D eigenvalue weighted by molar-refractivity contribution is -0.137. The van der Waals surface area contributed by atoms with E-state index in [9.17, 15) is 4.79 Å². The molecule has 0 amide bonds. The van der Waals surface area contributed by atoms with Gasteiger partial charge in [-0.2, -0.15) is 0 Å². The van der Waals surface area contributed by atoms with Crippen LogP contribution in [0.2, 0.25) is 0 Å². The van der Waals surface area contributed by atoms with Crippen LogP contribution in [-0.4, -0.2) is 41.1 Å². The van der Waals surface area contributed by atoms with E-state index in [1.165, 1.54) is 51.4 Å². The largest absolute Gasteiger partial charge is 0.481 e. The molecule has 0 radical (unpaired) electrons. The van der Waals surface area contributed by atoms with Crippen molar-refractivity contribution in [1.29, 1.82) is 0 Å². The van der Waals surface area contributed by atoms with Crippen LogP contribution in [0.25, 0.3) is 0 Å². The topological polar surface area (TPSA) is 67.8 Å². The van der Waals surface area contributed by atoms with Gasteiger partial charge in [-0.15, -0.1) is 0 Å². The predicted octanol–water partition coefficient (Wildman–Crippen LogP) is 5.38. The van der Waals surface area contributed by atoms with Gasteiger partial charge in [0, 0.05) is 12.5 Å². The van der Waals surface area contributed by atoms with Crippen molar-refractivity contribution in [2.75, 3.05) is 6.61 Å². The number of ether oxygens (including phenoxy) is 2. The summed E-state index contributed by atoms with van der Waals surface area (Å²) in [6.07, 6.45) is 20.3. The highest BCUT2D eigenvalue weighted by molar-refractivity contribution is 7.80. The van der Waals surface area contributed by atoms with Crippen molar-refractivity contribution in [1.82, 2.24) is 5.32 Å². The lowest BCUT2D eigenvalue weighted by Gasteiger charge is -2.27. The van der Waals surface area contributed by atoms with Gasteiger partial charge in [0.1, 0.15) is 0 Å². The molecule has 0 unspecified atom stereocenters. The first kappa shape index (κ1) is 23.5. The molecule has 1 saturated carbocycles. The number of thiocarbonyl (C=S) groups is 1. The maximum Gasteiger partial charge on any atom is 0.303 e. The maximum atomic E-state index is 10.6. The third kappa shape index (κ3) is 7.52. The predicted molar refractivity (Wildman–Crippen MR) is 123 cm³/mol. The van der Waals surface area contributed by atoms with E-state index in [2.05, 4.69) is 17.5 Å². The van der Waals surface area contributed by atoms with Crippen molar-refractivity contribution >= 4 is 23.4 Å².